The molecule has 0 aliphatic heterocycles. The van der Waals surface area contributed by atoms with Gasteiger partial charge in [-0.05, 0) is 36.1 Å². The molecule has 0 atom stereocenters. The van der Waals surface area contributed by atoms with E-state index >= 15 is 0 Å². The number of ether oxygens (including phenoxy) is 1. The Morgan fingerprint density at radius 2 is 1.96 bits per heavy atom. The molecule has 0 aliphatic carbocycles. The van der Waals surface area contributed by atoms with Crippen LogP contribution in [-0.2, 0) is 12.8 Å². The van der Waals surface area contributed by atoms with E-state index in [1.54, 1.807) is 19.2 Å². The summed E-state index contributed by atoms with van der Waals surface area (Å²) in [5.41, 5.74) is 4.30. The number of nitrogens with one attached hydrogen (secondary N) is 2. The fourth-order valence-corrected chi connectivity index (χ4v) is 3.01. The van der Waals surface area contributed by atoms with Crippen LogP contribution in [0.4, 0.5) is 0 Å². The van der Waals surface area contributed by atoms with E-state index in [4.69, 9.17) is 4.74 Å². The highest BCUT2D eigenvalue weighted by atomic mass is 16.5. The first-order chi connectivity index (χ1) is 11.7. The van der Waals surface area contributed by atoms with E-state index in [9.17, 15) is 4.79 Å². The number of hydrogen-bond acceptors (Lipinski definition) is 2. The van der Waals surface area contributed by atoms with Crippen LogP contribution in [0, 0.1) is 0 Å². The molecule has 0 saturated heterocycles. The van der Waals surface area contributed by atoms with Crippen LogP contribution in [0.15, 0.2) is 48.7 Å². The molecule has 3 rings (SSSR count). The van der Waals surface area contributed by atoms with Gasteiger partial charge in [0.05, 0.1) is 12.7 Å². The second kappa shape index (κ2) is 7.21. The van der Waals surface area contributed by atoms with Gasteiger partial charge in [0.1, 0.15) is 5.75 Å². The first-order valence-corrected chi connectivity index (χ1v) is 8.23. The number of rotatable bonds is 6. The highest BCUT2D eigenvalue weighted by molar-refractivity contribution is 5.97. The van der Waals surface area contributed by atoms with E-state index < -0.39 is 0 Å². The number of aryl methyl sites for hydroxylation is 1. The maximum Gasteiger partial charge on any atom is 0.255 e. The Hall–Kier alpha value is -2.75. The van der Waals surface area contributed by atoms with Crippen LogP contribution in [0.3, 0.4) is 0 Å². The van der Waals surface area contributed by atoms with Gasteiger partial charge < -0.3 is 15.0 Å². The summed E-state index contributed by atoms with van der Waals surface area (Å²) in [5.74, 6) is 0.483. The van der Waals surface area contributed by atoms with Gasteiger partial charge in [-0.3, -0.25) is 4.79 Å². The summed E-state index contributed by atoms with van der Waals surface area (Å²) in [5, 5.41) is 4.21. The van der Waals surface area contributed by atoms with Gasteiger partial charge in [-0.2, -0.15) is 0 Å². The molecule has 4 nitrogen and oxygen atoms in total. The Morgan fingerprint density at radius 1 is 1.12 bits per heavy atom. The molecule has 2 N–H and O–H groups in total. The standard InChI is InChI=1S/C20H22N2O2/c1-3-14-7-6-9-16-15(13-22-19(14)16)11-12-21-20(23)17-8-4-5-10-18(17)24-2/h4-10,13,22H,3,11-12H2,1-2H3,(H,21,23). The van der Waals surface area contributed by atoms with Gasteiger partial charge in [0, 0.05) is 23.6 Å². The highest BCUT2D eigenvalue weighted by Crippen LogP contribution is 2.22. The molecule has 4 heteroatoms. The molecule has 1 aromatic heterocycles. The largest absolute Gasteiger partial charge is 0.496 e. The van der Waals surface area contributed by atoms with Gasteiger partial charge >= 0.3 is 0 Å². The van der Waals surface area contributed by atoms with E-state index in [1.807, 2.05) is 18.3 Å². The summed E-state index contributed by atoms with van der Waals surface area (Å²) < 4.78 is 5.24. The number of carbonyl (C=O) groups excluding carboxylic acids is 1. The van der Waals surface area contributed by atoms with Crippen LogP contribution in [0.5, 0.6) is 5.75 Å². The average molecular weight is 322 g/mol. The molecule has 124 valence electrons. The van der Waals surface area contributed by atoms with Crippen molar-refractivity contribution in [1.82, 2.24) is 10.3 Å². The highest BCUT2D eigenvalue weighted by Gasteiger charge is 2.11. The van der Waals surface area contributed by atoms with Gasteiger partial charge in [0.25, 0.3) is 5.91 Å². The molecular weight excluding hydrogens is 300 g/mol. The minimum absolute atomic E-state index is 0.110. The molecule has 0 bridgehead atoms. The SMILES string of the molecule is CCc1cccc2c(CCNC(=O)c3ccccc3OC)c[nH]c12. The van der Waals surface area contributed by atoms with Crippen molar-refractivity contribution < 1.29 is 9.53 Å². The molecule has 1 heterocycles. The van der Waals surface area contributed by atoms with Crippen molar-refractivity contribution in [2.45, 2.75) is 19.8 Å². The van der Waals surface area contributed by atoms with Crippen LogP contribution in [0.25, 0.3) is 10.9 Å². The zero-order valence-corrected chi connectivity index (χ0v) is 14.1. The third-order valence-corrected chi connectivity index (χ3v) is 4.30. The smallest absolute Gasteiger partial charge is 0.255 e. The second-order valence-corrected chi connectivity index (χ2v) is 5.71. The first kappa shape index (κ1) is 16.1. The summed E-state index contributed by atoms with van der Waals surface area (Å²) in [6, 6.07) is 13.6. The minimum Gasteiger partial charge on any atom is -0.496 e. The fourth-order valence-electron chi connectivity index (χ4n) is 3.01. The van der Waals surface area contributed by atoms with Crippen LogP contribution >= 0.6 is 0 Å². The fraction of sp³-hybridized carbons (Fsp3) is 0.250. The van der Waals surface area contributed by atoms with Crippen molar-refractivity contribution in [2.24, 2.45) is 0 Å². The monoisotopic (exact) mass is 322 g/mol. The van der Waals surface area contributed by atoms with Crippen molar-refractivity contribution in [3.63, 3.8) is 0 Å². The molecule has 0 radical (unpaired) electrons. The Bertz CT molecular complexity index is 852. The molecule has 0 unspecified atom stereocenters. The van der Waals surface area contributed by atoms with Gasteiger partial charge in [0.15, 0.2) is 0 Å². The number of aromatic amines is 1. The Kier molecular flexibility index (Phi) is 4.85. The third-order valence-electron chi connectivity index (χ3n) is 4.30. The zero-order chi connectivity index (χ0) is 16.9. The normalized spacial score (nSPS) is 10.8. The Labute approximate surface area is 141 Å². The van der Waals surface area contributed by atoms with Crippen LogP contribution in [0.2, 0.25) is 0 Å². The Balaban J connectivity index is 1.68. The summed E-state index contributed by atoms with van der Waals surface area (Å²) in [6.07, 6.45) is 3.83. The van der Waals surface area contributed by atoms with Crippen LogP contribution < -0.4 is 10.1 Å². The molecule has 24 heavy (non-hydrogen) atoms. The predicted molar refractivity (Wildman–Crippen MR) is 96.7 cm³/mol. The number of aromatic nitrogens is 1. The third kappa shape index (κ3) is 3.13. The van der Waals surface area contributed by atoms with Crippen LogP contribution in [0.1, 0.15) is 28.4 Å². The molecule has 0 fully saturated rings. The number of fused-ring (bicyclic) bond motifs is 1. The lowest BCUT2D eigenvalue weighted by molar-refractivity contribution is 0.0951. The predicted octanol–water partition coefficient (Wildman–Crippen LogP) is 3.71. The van der Waals surface area contributed by atoms with Crippen molar-refractivity contribution >= 4 is 16.8 Å². The molecule has 0 saturated carbocycles. The number of H-pyrrole nitrogens is 1. The maximum atomic E-state index is 12.3. The maximum absolute atomic E-state index is 12.3. The van der Waals surface area contributed by atoms with E-state index in [0.717, 1.165) is 12.8 Å². The second-order valence-electron chi connectivity index (χ2n) is 5.71. The number of benzene rings is 2. The average Bonchev–Trinajstić information content (AvgIpc) is 3.04. The van der Waals surface area contributed by atoms with Crippen molar-refractivity contribution in [3.05, 3.63) is 65.4 Å². The van der Waals surface area contributed by atoms with Crippen LogP contribution in [-0.4, -0.2) is 24.5 Å². The zero-order valence-electron chi connectivity index (χ0n) is 14.1. The quantitative estimate of drug-likeness (QED) is 0.727. The molecular formula is C20H22N2O2. The molecule has 2 aromatic carbocycles. The number of carbonyl (C=O) groups is 1. The molecule has 0 spiro atoms. The van der Waals surface area contributed by atoms with Gasteiger partial charge in [-0.1, -0.05) is 37.3 Å². The summed E-state index contributed by atoms with van der Waals surface area (Å²) in [4.78, 5) is 15.7. The van der Waals surface area contributed by atoms with Crippen molar-refractivity contribution in [1.29, 1.82) is 0 Å². The summed E-state index contributed by atoms with van der Waals surface area (Å²) in [6.45, 7) is 2.74. The van der Waals surface area contributed by atoms with E-state index in [1.165, 1.54) is 22.0 Å². The number of amides is 1. The lowest BCUT2D eigenvalue weighted by atomic mass is 10.1. The topological polar surface area (TPSA) is 54.1 Å². The van der Waals surface area contributed by atoms with E-state index in [2.05, 4.69) is 35.4 Å². The summed E-state index contributed by atoms with van der Waals surface area (Å²) in [7, 11) is 1.57. The summed E-state index contributed by atoms with van der Waals surface area (Å²) >= 11 is 0. The van der Waals surface area contributed by atoms with Crippen molar-refractivity contribution in [2.75, 3.05) is 13.7 Å². The molecule has 1 amide bonds. The number of hydrogen-bond donors (Lipinski definition) is 2. The lowest BCUT2D eigenvalue weighted by Crippen LogP contribution is -2.26. The van der Waals surface area contributed by atoms with Gasteiger partial charge in [-0.25, -0.2) is 0 Å². The molecule has 0 aliphatic rings. The van der Waals surface area contributed by atoms with E-state index in [0.29, 0.717) is 17.9 Å². The Morgan fingerprint density at radius 3 is 2.75 bits per heavy atom. The lowest BCUT2D eigenvalue weighted by Gasteiger charge is -2.09. The molecule has 3 aromatic rings. The van der Waals surface area contributed by atoms with Crippen molar-refractivity contribution in [3.8, 4) is 5.75 Å². The number of para-hydroxylation sites is 2. The van der Waals surface area contributed by atoms with Gasteiger partial charge in [-0.15, -0.1) is 0 Å². The minimum atomic E-state index is -0.110. The number of methoxy groups -OCH3 is 1. The van der Waals surface area contributed by atoms with Gasteiger partial charge in [0.2, 0.25) is 0 Å². The van der Waals surface area contributed by atoms with E-state index in [-0.39, 0.29) is 5.91 Å². The first-order valence-electron chi connectivity index (χ1n) is 8.23.